The zero-order valence-corrected chi connectivity index (χ0v) is 20.5. The van der Waals surface area contributed by atoms with E-state index in [-0.39, 0.29) is 18.9 Å². The number of allylic oxidation sites excluding steroid dienone is 1. The SMILES string of the molecule is C.C=C.CC.CC(N)c1ccc(/C=C/C(C)(C)C)cc1.CCc1ccc(C)c(C)c1. The maximum absolute atomic E-state index is 5.79. The quantitative estimate of drug-likeness (QED) is 0.501. The van der Waals surface area contributed by atoms with Crippen LogP contribution < -0.4 is 5.73 Å². The van der Waals surface area contributed by atoms with E-state index in [4.69, 9.17) is 5.73 Å². The van der Waals surface area contributed by atoms with Crippen molar-refractivity contribution in [2.45, 2.75) is 82.2 Å². The first kappa shape index (κ1) is 32.5. The van der Waals surface area contributed by atoms with Gasteiger partial charge in [-0.1, -0.05) is 104 Å². The van der Waals surface area contributed by atoms with E-state index in [1.54, 1.807) is 0 Å². The van der Waals surface area contributed by atoms with Gasteiger partial charge in [0.25, 0.3) is 0 Å². The Balaban J connectivity index is -0.000000424. The van der Waals surface area contributed by atoms with Gasteiger partial charge in [-0.05, 0) is 60.4 Å². The third kappa shape index (κ3) is 14.8. The first-order valence-electron chi connectivity index (χ1n) is 10.7. The molecule has 0 spiro atoms. The minimum absolute atomic E-state index is 0. The van der Waals surface area contributed by atoms with Crippen molar-refractivity contribution in [2.75, 3.05) is 0 Å². The third-order valence-corrected chi connectivity index (χ3v) is 4.22. The Kier molecular flexibility index (Phi) is 19.2. The normalized spacial score (nSPS) is 10.9. The molecule has 170 valence electrons. The molecule has 0 fully saturated rings. The Bertz CT molecular complexity index is 685. The summed E-state index contributed by atoms with van der Waals surface area (Å²) in [6.07, 6.45) is 5.51. The fourth-order valence-electron chi connectivity index (χ4n) is 2.28. The maximum atomic E-state index is 5.79. The smallest absolute Gasteiger partial charge is 0.0266 e. The van der Waals surface area contributed by atoms with Gasteiger partial charge in [0.15, 0.2) is 0 Å². The highest BCUT2D eigenvalue weighted by Gasteiger charge is 2.03. The summed E-state index contributed by atoms with van der Waals surface area (Å²) in [6, 6.07) is 15.2. The number of rotatable bonds is 3. The van der Waals surface area contributed by atoms with Crippen LogP contribution in [0.1, 0.15) is 89.8 Å². The van der Waals surface area contributed by atoms with E-state index in [2.05, 4.69) is 109 Å². The second-order valence-electron chi connectivity index (χ2n) is 7.93. The average Bonchev–Trinajstić information content (AvgIpc) is 2.72. The highest BCUT2D eigenvalue weighted by atomic mass is 14.6. The molecule has 0 heterocycles. The van der Waals surface area contributed by atoms with Crippen molar-refractivity contribution in [3.63, 3.8) is 0 Å². The molecule has 0 radical (unpaired) electrons. The first-order chi connectivity index (χ1) is 13.6. The van der Waals surface area contributed by atoms with Crippen LogP contribution >= 0.6 is 0 Å². The minimum atomic E-state index is 0. The van der Waals surface area contributed by atoms with Gasteiger partial charge >= 0.3 is 0 Å². The molecule has 2 rings (SSSR count). The molecule has 1 nitrogen and oxygen atoms in total. The number of benzene rings is 2. The number of hydrogen-bond acceptors (Lipinski definition) is 1. The molecule has 1 atom stereocenters. The summed E-state index contributed by atoms with van der Waals surface area (Å²) in [5.74, 6) is 0. The van der Waals surface area contributed by atoms with Gasteiger partial charge in [-0.3, -0.25) is 0 Å². The van der Waals surface area contributed by atoms with E-state index in [0.29, 0.717) is 0 Å². The summed E-state index contributed by atoms with van der Waals surface area (Å²) < 4.78 is 0. The standard InChI is InChI=1S/C14H21N.C10H14.C2H6.C2H4.CH4/c1-11(15)13-7-5-12(6-8-13)9-10-14(2,3)4;1-4-10-6-5-8(2)9(3)7-10;2*1-2;/h5-11H,15H2,1-4H3;5-7H,4H2,1-3H3;1-2H3;1-2H2;1H4/b10-9+;;;;. The van der Waals surface area contributed by atoms with Gasteiger partial charge in [-0.25, -0.2) is 0 Å². The van der Waals surface area contributed by atoms with Crippen LogP contribution in [0, 0.1) is 19.3 Å². The van der Waals surface area contributed by atoms with Crippen LogP contribution in [0.4, 0.5) is 0 Å². The molecular formula is C29H49N. The molecule has 0 aromatic heterocycles. The van der Waals surface area contributed by atoms with Gasteiger partial charge in [0, 0.05) is 6.04 Å². The summed E-state index contributed by atoms with van der Waals surface area (Å²) in [4.78, 5) is 0. The van der Waals surface area contributed by atoms with E-state index in [1.165, 1.54) is 27.8 Å². The van der Waals surface area contributed by atoms with Crippen molar-refractivity contribution in [3.05, 3.63) is 89.5 Å². The summed E-state index contributed by atoms with van der Waals surface area (Å²) in [5.41, 5.74) is 12.7. The minimum Gasteiger partial charge on any atom is -0.324 e. The molecule has 0 saturated heterocycles. The predicted molar refractivity (Wildman–Crippen MR) is 142 cm³/mol. The van der Waals surface area contributed by atoms with Crippen molar-refractivity contribution in [2.24, 2.45) is 11.1 Å². The van der Waals surface area contributed by atoms with Gasteiger partial charge in [0.2, 0.25) is 0 Å². The van der Waals surface area contributed by atoms with E-state index in [9.17, 15) is 0 Å². The van der Waals surface area contributed by atoms with Gasteiger partial charge in [-0.2, -0.15) is 0 Å². The Labute approximate surface area is 189 Å². The van der Waals surface area contributed by atoms with E-state index in [1.807, 2.05) is 20.8 Å². The third-order valence-electron chi connectivity index (χ3n) is 4.22. The van der Waals surface area contributed by atoms with E-state index >= 15 is 0 Å². The van der Waals surface area contributed by atoms with Crippen molar-refractivity contribution < 1.29 is 0 Å². The van der Waals surface area contributed by atoms with Crippen LogP contribution in [-0.4, -0.2) is 0 Å². The number of hydrogen-bond donors (Lipinski definition) is 1. The van der Waals surface area contributed by atoms with Crippen LogP contribution in [0.15, 0.2) is 61.7 Å². The average molecular weight is 412 g/mol. The number of aryl methyl sites for hydroxylation is 3. The van der Waals surface area contributed by atoms with Crippen molar-refractivity contribution >= 4 is 6.08 Å². The van der Waals surface area contributed by atoms with Crippen LogP contribution in [0.25, 0.3) is 6.08 Å². The highest BCUT2D eigenvalue weighted by molar-refractivity contribution is 5.50. The molecule has 0 aliphatic carbocycles. The Morgan fingerprint density at radius 2 is 1.43 bits per heavy atom. The van der Waals surface area contributed by atoms with Crippen LogP contribution in [0.2, 0.25) is 0 Å². The lowest BCUT2D eigenvalue weighted by Gasteiger charge is -2.11. The topological polar surface area (TPSA) is 26.0 Å². The van der Waals surface area contributed by atoms with Gasteiger partial charge in [-0.15, -0.1) is 13.2 Å². The van der Waals surface area contributed by atoms with E-state index in [0.717, 1.165) is 6.42 Å². The molecule has 2 N–H and O–H groups in total. The Hall–Kier alpha value is -2.12. The van der Waals surface area contributed by atoms with Gasteiger partial charge in [0.05, 0.1) is 0 Å². The first-order valence-corrected chi connectivity index (χ1v) is 10.7. The van der Waals surface area contributed by atoms with Crippen LogP contribution in [0.5, 0.6) is 0 Å². The summed E-state index contributed by atoms with van der Waals surface area (Å²) in [7, 11) is 0. The predicted octanol–water partition coefficient (Wildman–Crippen LogP) is 9.10. The summed E-state index contributed by atoms with van der Waals surface area (Å²) in [5, 5.41) is 0. The molecular weight excluding hydrogens is 362 g/mol. The molecule has 0 aliphatic rings. The molecule has 1 heteroatoms. The van der Waals surface area contributed by atoms with Gasteiger partial charge < -0.3 is 5.73 Å². The molecule has 0 aliphatic heterocycles. The lowest BCUT2D eigenvalue weighted by Crippen LogP contribution is -2.04. The van der Waals surface area contributed by atoms with Crippen molar-refractivity contribution in [3.8, 4) is 0 Å². The molecule has 0 bridgehead atoms. The number of nitrogens with two attached hydrogens (primary N) is 1. The van der Waals surface area contributed by atoms with Gasteiger partial charge in [0.1, 0.15) is 0 Å². The highest BCUT2D eigenvalue weighted by Crippen LogP contribution is 2.18. The Morgan fingerprint density at radius 3 is 1.80 bits per heavy atom. The fourth-order valence-corrected chi connectivity index (χ4v) is 2.28. The zero-order valence-electron chi connectivity index (χ0n) is 20.5. The molecule has 0 amide bonds. The second-order valence-corrected chi connectivity index (χ2v) is 7.93. The lowest BCUT2D eigenvalue weighted by atomic mass is 9.95. The zero-order chi connectivity index (χ0) is 23.0. The summed E-state index contributed by atoms with van der Waals surface area (Å²) >= 11 is 0. The van der Waals surface area contributed by atoms with Crippen molar-refractivity contribution in [1.82, 2.24) is 0 Å². The monoisotopic (exact) mass is 411 g/mol. The lowest BCUT2D eigenvalue weighted by molar-refractivity contribution is 0.547. The second kappa shape index (κ2) is 17.7. The van der Waals surface area contributed by atoms with Crippen LogP contribution in [0.3, 0.4) is 0 Å². The Morgan fingerprint density at radius 1 is 0.933 bits per heavy atom. The fraction of sp³-hybridized carbons (Fsp3) is 0.448. The molecule has 1 unspecified atom stereocenters. The molecule has 30 heavy (non-hydrogen) atoms. The van der Waals surface area contributed by atoms with Crippen molar-refractivity contribution in [1.29, 1.82) is 0 Å². The summed E-state index contributed by atoms with van der Waals surface area (Å²) in [6.45, 7) is 25.1. The molecule has 2 aromatic rings. The maximum Gasteiger partial charge on any atom is 0.0266 e. The van der Waals surface area contributed by atoms with E-state index < -0.39 is 0 Å². The molecule has 2 aromatic carbocycles. The molecule has 0 saturated carbocycles. The largest absolute Gasteiger partial charge is 0.324 e. The van der Waals surface area contributed by atoms with Crippen LogP contribution in [-0.2, 0) is 6.42 Å².